The van der Waals surface area contributed by atoms with E-state index in [1.165, 1.54) is 12.1 Å². The monoisotopic (exact) mass is 261 g/mol. The summed E-state index contributed by atoms with van der Waals surface area (Å²) in [5, 5.41) is 0. The molecule has 0 saturated carbocycles. The van der Waals surface area contributed by atoms with Gasteiger partial charge in [-0.3, -0.25) is 0 Å². The van der Waals surface area contributed by atoms with E-state index < -0.39 is 6.36 Å². The molecule has 0 fully saturated rings. The van der Waals surface area contributed by atoms with Gasteiger partial charge in [0.1, 0.15) is 5.75 Å². The zero-order valence-electron chi connectivity index (χ0n) is 10.3. The van der Waals surface area contributed by atoms with E-state index in [-0.39, 0.29) is 11.8 Å². The molecule has 1 aromatic rings. The topological polar surface area (TPSA) is 35.2 Å². The molecule has 0 radical (unpaired) electrons. The predicted molar refractivity (Wildman–Crippen MR) is 64.2 cm³/mol. The maximum Gasteiger partial charge on any atom is 0.573 e. The summed E-state index contributed by atoms with van der Waals surface area (Å²) < 4.78 is 39.7. The molecule has 18 heavy (non-hydrogen) atoms. The molecule has 2 nitrogen and oxygen atoms in total. The molecule has 2 N–H and O–H groups in total. The van der Waals surface area contributed by atoms with Gasteiger partial charge in [0.15, 0.2) is 0 Å². The van der Waals surface area contributed by atoms with Crippen LogP contribution in [-0.4, -0.2) is 6.36 Å². The Hall–Kier alpha value is -1.23. The lowest BCUT2D eigenvalue weighted by molar-refractivity contribution is -0.274. The van der Waals surface area contributed by atoms with Crippen molar-refractivity contribution in [2.45, 2.75) is 45.0 Å². The molecule has 5 heteroatoms. The minimum atomic E-state index is -4.65. The maximum absolute atomic E-state index is 12.0. The lowest BCUT2D eigenvalue weighted by Crippen LogP contribution is -2.17. The summed E-state index contributed by atoms with van der Waals surface area (Å²) in [7, 11) is 0. The molecule has 0 spiro atoms. The van der Waals surface area contributed by atoms with Crippen LogP contribution in [-0.2, 0) is 0 Å². The molecule has 1 aromatic carbocycles. The Bertz CT molecular complexity index is 348. The van der Waals surface area contributed by atoms with Gasteiger partial charge in [-0.2, -0.15) is 0 Å². The van der Waals surface area contributed by atoms with E-state index in [1.54, 1.807) is 12.1 Å². The number of hydrogen-bond acceptors (Lipinski definition) is 2. The molecular weight excluding hydrogens is 243 g/mol. The van der Waals surface area contributed by atoms with Gasteiger partial charge in [-0.1, -0.05) is 38.3 Å². The Labute approximate surface area is 105 Å². The van der Waals surface area contributed by atoms with Gasteiger partial charge in [-0.05, 0) is 24.1 Å². The van der Waals surface area contributed by atoms with Crippen LogP contribution >= 0.6 is 0 Å². The molecular formula is C13H18F3NO. The minimum absolute atomic E-state index is 0.128. The summed E-state index contributed by atoms with van der Waals surface area (Å²) in [6.45, 7) is 2.11. The van der Waals surface area contributed by atoms with Gasteiger partial charge in [0.25, 0.3) is 0 Å². The zero-order chi connectivity index (χ0) is 13.6. The lowest BCUT2D eigenvalue weighted by atomic mass is 10.0. The first kappa shape index (κ1) is 14.8. The Morgan fingerprint density at radius 2 is 1.78 bits per heavy atom. The van der Waals surface area contributed by atoms with Gasteiger partial charge in [0, 0.05) is 6.04 Å². The third kappa shape index (κ3) is 5.40. The standard InChI is InChI=1S/C13H18F3NO/c1-2-3-4-5-12(17)10-6-8-11(9-7-10)18-13(14,15)16/h6-9,12H,2-5,17H2,1H3/t12-/m1/s1. The fourth-order valence-electron chi connectivity index (χ4n) is 1.70. The van der Waals surface area contributed by atoms with Crippen LogP contribution in [0, 0.1) is 0 Å². The van der Waals surface area contributed by atoms with E-state index in [9.17, 15) is 13.2 Å². The lowest BCUT2D eigenvalue weighted by Gasteiger charge is -2.13. The summed E-state index contributed by atoms with van der Waals surface area (Å²) >= 11 is 0. The highest BCUT2D eigenvalue weighted by Gasteiger charge is 2.30. The summed E-state index contributed by atoms with van der Waals surface area (Å²) in [6, 6.07) is 5.62. The van der Waals surface area contributed by atoms with E-state index in [2.05, 4.69) is 11.7 Å². The van der Waals surface area contributed by atoms with E-state index >= 15 is 0 Å². The van der Waals surface area contributed by atoms with Crippen LogP contribution in [0.15, 0.2) is 24.3 Å². The number of rotatable bonds is 6. The summed E-state index contributed by atoms with van der Waals surface area (Å²) in [4.78, 5) is 0. The van der Waals surface area contributed by atoms with Gasteiger partial charge in [-0.15, -0.1) is 13.2 Å². The molecule has 0 aliphatic heterocycles. The highest BCUT2D eigenvalue weighted by molar-refractivity contribution is 5.29. The SMILES string of the molecule is CCCCC[C@@H](N)c1ccc(OC(F)(F)F)cc1. The highest BCUT2D eigenvalue weighted by Crippen LogP contribution is 2.25. The normalized spacial score (nSPS) is 13.4. The smallest absolute Gasteiger partial charge is 0.406 e. The van der Waals surface area contributed by atoms with Gasteiger partial charge >= 0.3 is 6.36 Å². The number of halogens is 3. The van der Waals surface area contributed by atoms with Crippen LogP contribution in [0.5, 0.6) is 5.75 Å². The van der Waals surface area contributed by atoms with Crippen molar-refractivity contribution in [1.29, 1.82) is 0 Å². The Kier molecular flexibility index (Phi) is 5.47. The zero-order valence-corrected chi connectivity index (χ0v) is 10.3. The molecule has 102 valence electrons. The van der Waals surface area contributed by atoms with Crippen molar-refractivity contribution in [2.75, 3.05) is 0 Å². The number of alkyl halides is 3. The number of hydrogen-bond donors (Lipinski definition) is 1. The summed E-state index contributed by atoms with van der Waals surface area (Å²) in [6.07, 6.45) is -0.551. The number of benzene rings is 1. The fourth-order valence-corrected chi connectivity index (χ4v) is 1.70. The molecule has 0 aliphatic rings. The van der Waals surface area contributed by atoms with Crippen molar-refractivity contribution in [3.8, 4) is 5.75 Å². The van der Waals surface area contributed by atoms with Crippen molar-refractivity contribution in [3.63, 3.8) is 0 Å². The second kappa shape index (κ2) is 6.64. The third-order valence-corrected chi connectivity index (χ3v) is 2.66. The van der Waals surface area contributed by atoms with Gasteiger partial charge in [0.2, 0.25) is 0 Å². The van der Waals surface area contributed by atoms with Crippen LogP contribution < -0.4 is 10.5 Å². The first-order valence-corrected chi connectivity index (χ1v) is 6.03. The molecule has 0 aromatic heterocycles. The van der Waals surface area contributed by atoms with E-state index in [1.807, 2.05) is 0 Å². The quantitative estimate of drug-likeness (QED) is 0.780. The molecule has 0 amide bonds. The van der Waals surface area contributed by atoms with Crippen LogP contribution in [0.4, 0.5) is 13.2 Å². The average molecular weight is 261 g/mol. The van der Waals surface area contributed by atoms with Crippen LogP contribution in [0.25, 0.3) is 0 Å². The molecule has 0 bridgehead atoms. The second-order valence-electron chi connectivity index (χ2n) is 4.22. The van der Waals surface area contributed by atoms with Crippen LogP contribution in [0.1, 0.15) is 44.2 Å². The molecule has 0 heterocycles. The molecule has 1 atom stereocenters. The summed E-state index contributed by atoms with van der Waals surface area (Å²) in [5.41, 5.74) is 6.78. The van der Waals surface area contributed by atoms with Gasteiger partial charge in [0.05, 0.1) is 0 Å². The molecule has 0 unspecified atom stereocenters. The van der Waals surface area contributed by atoms with E-state index in [0.717, 1.165) is 31.2 Å². The van der Waals surface area contributed by atoms with E-state index in [4.69, 9.17) is 5.73 Å². The Balaban J connectivity index is 2.54. The number of nitrogens with two attached hydrogens (primary N) is 1. The van der Waals surface area contributed by atoms with Crippen molar-refractivity contribution < 1.29 is 17.9 Å². The third-order valence-electron chi connectivity index (χ3n) is 2.66. The summed E-state index contributed by atoms with van der Waals surface area (Å²) in [5.74, 6) is -0.216. The number of unbranched alkanes of at least 4 members (excludes halogenated alkanes) is 2. The first-order valence-electron chi connectivity index (χ1n) is 6.03. The molecule has 1 rings (SSSR count). The maximum atomic E-state index is 12.0. The first-order chi connectivity index (χ1) is 8.42. The van der Waals surface area contributed by atoms with Crippen molar-refractivity contribution in [3.05, 3.63) is 29.8 Å². The molecule has 0 saturated heterocycles. The number of ether oxygens (including phenoxy) is 1. The van der Waals surface area contributed by atoms with Crippen molar-refractivity contribution in [1.82, 2.24) is 0 Å². The molecule has 0 aliphatic carbocycles. The van der Waals surface area contributed by atoms with Crippen molar-refractivity contribution in [2.24, 2.45) is 5.73 Å². The second-order valence-corrected chi connectivity index (χ2v) is 4.22. The minimum Gasteiger partial charge on any atom is -0.406 e. The van der Waals surface area contributed by atoms with Crippen LogP contribution in [0.3, 0.4) is 0 Å². The average Bonchev–Trinajstić information content (AvgIpc) is 2.28. The Morgan fingerprint density at radius 1 is 1.17 bits per heavy atom. The van der Waals surface area contributed by atoms with Gasteiger partial charge < -0.3 is 10.5 Å². The van der Waals surface area contributed by atoms with Crippen LogP contribution in [0.2, 0.25) is 0 Å². The predicted octanol–water partition coefficient (Wildman–Crippen LogP) is 4.17. The van der Waals surface area contributed by atoms with Crippen molar-refractivity contribution >= 4 is 0 Å². The van der Waals surface area contributed by atoms with Gasteiger partial charge in [-0.25, -0.2) is 0 Å². The van der Waals surface area contributed by atoms with E-state index in [0.29, 0.717) is 0 Å². The highest BCUT2D eigenvalue weighted by atomic mass is 19.4. The fraction of sp³-hybridized carbons (Fsp3) is 0.538. The Morgan fingerprint density at radius 3 is 2.28 bits per heavy atom. The largest absolute Gasteiger partial charge is 0.573 e.